The molecule has 0 fully saturated rings. The maximum Gasteiger partial charge on any atom is 0.269 e. The first kappa shape index (κ1) is 28.9. The van der Waals surface area contributed by atoms with Gasteiger partial charge in [-0.05, 0) is 54.6 Å². The summed E-state index contributed by atoms with van der Waals surface area (Å²) in [6.07, 6.45) is 3.20. The number of benzene rings is 2. The molecule has 0 aliphatic heterocycles. The standard InChI is InChI=1S/C27H27N7O6S/c1-38-20-7-5-19(6-8-20)29-24(36)16-41-27-30-25(17-10-12-28-13-11-17)33-34(27)15-23(35)31-32-26(37)18-4-9-21(39-2)22(14-18)40-3/h4-14H,15-16H2,1-3H3,(H,29,36)(H,31,35)(H,32,37). The Labute approximate surface area is 239 Å². The highest BCUT2D eigenvalue weighted by molar-refractivity contribution is 7.99. The number of pyridine rings is 1. The molecule has 0 saturated carbocycles. The minimum atomic E-state index is -0.561. The molecule has 0 saturated heterocycles. The van der Waals surface area contributed by atoms with Crippen LogP contribution in [0.25, 0.3) is 11.4 Å². The van der Waals surface area contributed by atoms with Crippen LogP contribution in [-0.4, -0.2) is 64.6 Å². The van der Waals surface area contributed by atoms with Crippen LogP contribution in [0.5, 0.6) is 17.2 Å². The lowest BCUT2D eigenvalue weighted by atomic mass is 10.2. The summed E-state index contributed by atoms with van der Waals surface area (Å²) in [6.45, 7) is -0.271. The van der Waals surface area contributed by atoms with Gasteiger partial charge in [0.1, 0.15) is 12.3 Å². The summed E-state index contributed by atoms with van der Waals surface area (Å²) in [4.78, 5) is 46.4. The molecular formula is C27H27N7O6S. The van der Waals surface area contributed by atoms with Crippen LogP contribution in [0.3, 0.4) is 0 Å². The Hall–Kier alpha value is -5.11. The lowest BCUT2D eigenvalue weighted by Crippen LogP contribution is -2.43. The number of aromatic nitrogens is 4. The third-order valence-electron chi connectivity index (χ3n) is 5.54. The number of hydrazine groups is 1. The van der Waals surface area contributed by atoms with Crippen LogP contribution < -0.4 is 30.4 Å². The molecule has 0 atom stereocenters. The number of hydrogen-bond donors (Lipinski definition) is 3. The quantitative estimate of drug-likeness (QED) is 0.179. The monoisotopic (exact) mass is 577 g/mol. The summed E-state index contributed by atoms with van der Waals surface area (Å²) in [5.74, 6) is 0.488. The Balaban J connectivity index is 1.41. The smallest absolute Gasteiger partial charge is 0.269 e. The molecule has 0 spiro atoms. The molecule has 0 aliphatic carbocycles. The van der Waals surface area contributed by atoms with Crippen molar-refractivity contribution in [2.75, 3.05) is 32.4 Å². The highest BCUT2D eigenvalue weighted by Crippen LogP contribution is 2.27. The van der Waals surface area contributed by atoms with Gasteiger partial charge in [0.15, 0.2) is 22.5 Å². The average molecular weight is 578 g/mol. The number of carbonyl (C=O) groups is 3. The van der Waals surface area contributed by atoms with Crippen LogP contribution in [0.15, 0.2) is 72.1 Å². The molecule has 41 heavy (non-hydrogen) atoms. The summed E-state index contributed by atoms with van der Waals surface area (Å²) < 4.78 is 16.9. The number of thioether (sulfide) groups is 1. The first-order chi connectivity index (χ1) is 19.9. The number of rotatable bonds is 11. The van der Waals surface area contributed by atoms with Gasteiger partial charge in [0.25, 0.3) is 11.8 Å². The molecule has 3 N–H and O–H groups in total. The van der Waals surface area contributed by atoms with E-state index in [0.29, 0.717) is 39.5 Å². The fourth-order valence-corrected chi connectivity index (χ4v) is 4.25. The third-order valence-corrected chi connectivity index (χ3v) is 6.50. The van der Waals surface area contributed by atoms with Crippen molar-refractivity contribution < 1.29 is 28.6 Å². The number of nitrogens with zero attached hydrogens (tertiary/aromatic N) is 4. The highest BCUT2D eigenvalue weighted by atomic mass is 32.2. The first-order valence-corrected chi connectivity index (χ1v) is 13.1. The summed E-state index contributed by atoms with van der Waals surface area (Å²) in [6, 6.07) is 15.0. The SMILES string of the molecule is COc1ccc(NC(=O)CSc2nc(-c3ccncc3)nn2CC(=O)NNC(=O)c2ccc(OC)c(OC)c2)cc1. The molecule has 3 amide bonds. The van der Waals surface area contributed by atoms with Crippen LogP contribution in [0.1, 0.15) is 10.4 Å². The minimum Gasteiger partial charge on any atom is -0.497 e. The maximum atomic E-state index is 12.7. The van der Waals surface area contributed by atoms with Crippen molar-refractivity contribution >= 4 is 35.2 Å². The van der Waals surface area contributed by atoms with E-state index in [1.54, 1.807) is 62.0 Å². The normalized spacial score (nSPS) is 10.4. The van der Waals surface area contributed by atoms with Crippen molar-refractivity contribution in [3.8, 4) is 28.6 Å². The lowest BCUT2D eigenvalue weighted by Gasteiger charge is -2.11. The predicted molar refractivity (Wildman–Crippen MR) is 151 cm³/mol. The van der Waals surface area contributed by atoms with E-state index >= 15 is 0 Å². The van der Waals surface area contributed by atoms with Gasteiger partial charge >= 0.3 is 0 Å². The molecule has 0 radical (unpaired) electrons. The van der Waals surface area contributed by atoms with Crippen LogP contribution in [-0.2, 0) is 16.1 Å². The van der Waals surface area contributed by atoms with Gasteiger partial charge < -0.3 is 19.5 Å². The van der Waals surface area contributed by atoms with Crippen molar-refractivity contribution in [3.05, 3.63) is 72.6 Å². The maximum absolute atomic E-state index is 12.7. The zero-order chi connectivity index (χ0) is 29.2. The largest absolute Gasteiger partial charge is 0.497 e. The Morgan fingerprint density at radius 3 is 2.27 bits per heavy atom. The molecule has 4 rings (SSSR count). The summed E-state index contributed by atoms with van der Waals surface area (Å²) >= 11 is 1.11. The summed E-state index contributed by atoms with van der Waals surface area (Å²) in [5, 5.41) is 7.57. The topological polar surface area (TPSA) is 159 Å². The van der Waals surface area contributed by atoms with Gasteiger partial charge in [0, 0.05) is 29.2 Å². The molecule has 0 unspecified atom stereocenters. The minimum absolute atomic E-state index is 0.0121. The number of ether oxygens (including phenoxy) is 3. The number of amides is 3. The zero-order valence-corrected chi connectivity index (χ0v) is 23.2. The van der Waals surface area contributed by atoms with E-state index in [1.165, 1.54) is 31.0 Å². The molecule has 13 nitrogen and oxygen atoms in total. The second-order valence-corrected chi connectivity index (χ2v) is 9.19. The van der Waals surface area contributed by atoms with Gasteiger partial charge in [-0.1, -0.05) is 11.8 Å². The number of anilines is 1. The van der Waals surface area contributed by atoms with Crippen molar-refractivity contribution in [2.45, 2.75) is 11.7 Å². The van der Waals surface area contributed by atoms with Gasteiger partial charge in [0.2, 0.25) is 5.91 Å². The first-order valence-electron chi connectivity index (χ1n) is 12.1. The van der Waals surface area contributed by atoms with E-state index < -0.39 is 11.8 Å². The van der Waals surface area contributed by atoms with Crippen LogP contribution in [0.4, 0.5) is 5.69 Å². The van der Waals surface area contributed by atoms with Crippen molar-refractivity contribution in [3.63, 3.8) is 0 Å². The van der Waals surface area contributed by atoms with Gasteiger partial charge in [-0.15, -0.1) is 5.10 Å². The van der Waals surface area contributed by atoms with Crippen molar-refractivity contribution in [2.24, 2.45) is 0 Å². The predicted octanol–water partition coefficient (Wildman–Crippen LogP) is 2.56. The van der Waals surface area contributed by atoms with E-state index in [-0.39, 0.29) is 23.8 Å². The Bertz CT molecular complexity index is 1510. The van der Waals surface area contributed by atoms with Gasteiger partial charge in [-0.25, -0.2) is 9.67 Å². The molecule has 0 bridgehead atoms. The number of nitrogens with one attached hydrogen (secondary N) is 3. The zero-order valence-electron chi connectivity index (χ0n) is 22.4. The molecule has 2 heterocycles. The number of methoxy groups -OCH3 is 3. The van der Waals surface area contributed by atoms with Crippen LogP contribution in [0, 0.1) is 0 Å². The van der Waals surface area contributed by atoms with Gasteiger partial charge in [0.05, 0.1) is 27.1 Å². The van der Waals surface area contributed by atoms with Crippen molar-refractivity contribution in [1.29, 1.82) is 0 Å². The van der Waals surface area contributed by atoms with E-state index in [1.807, 2.05) is 0 Å². The van der Waals surface area contributed by atoms with Crippen molar-refractivity contribution in [1.82, 2.24) is 30.6 Å². The average Bonchev–Trinajstić information content (AvgIpc) is 3.41. The van der Waals surface area contributed by atoms with Gasteiger partial charge in [-0.3, -0.25) is 30.2 Å². The molecular weight excluding hydrogens is 550 g/mol. The second-order valence-electron chi connectivity index (χ2n) is 8.25. The molecule has 2 aromatic heterocycles. The van der Waals surface area contributed by atoms with E-state index in [2.05, 4.69) is 31.2 Å². The molecule has 212 valence electrons. The van der Waals surface area contributed by atoms with Crippen LogP contribution >= 0.6 is 11.8 Å². The van der Waals surface area contributed by atoms with E-state index in [4.69, 9.17) is 14.2 Å². The fraction of sp³-hybridized carbons (Fsp3) is 0.185. The Morgan fingerprint density at radius 2 is 1.59 bits per heavy atom. The Kier molecular flexibility index (Phi) is 9.72. The third kappa shape index (κ3) is 7.73. The van der Waals surface area contributed by atoms with Gasteiger partial charge in [-0.2, -0.15) is 0 Å². The molecule has 2 aromatic carbocycles. The highest BCUT2D eigenvalue weighted by Gasteiger charge is 2.18. The number of carbonyl (C=O) groups excluding carboxylic acids is 3. The van der Waals surface area contributed by atoms with Crippen LogP contribution in [0.2, 0.25) is 0 Å². The summed E-state index contributed by atoms with van der Waals surface area (Å²) in [7, 11) is 4.51. The molecule has 0 aliphatic rings. The molecule has 14 heteroatoms. The Morgan fingerprint density at radius 1 is 0.854 bits per heavy atom. The summed E-state index contributed by atoms with van der Waals surface area (Å²) in [5.41, 5.74) is 6.29. The fourth-order valence-electron chi connectivity index (χ4n) is 3.51. The number of hydrogen-bond acceptors (Lipinski definition) is 10. The van der Waals surface area contributed by atoms with E-state index in [9.17, 15) is 14.4 Å². The second kappa shape index (κ2) is 13.8. The lowest BCUT2D eigenvalue weighted by molar-refractivity contribution is -0.122. The van der Waals surface area contributed by atoms with E-state index in [0.717, 1.165) is 11.8 Å². The molecule has 4 aromatic rings.